The second kappa shape index (κ2) is 7.26. The summed E-state index contributed by atoms with van der Waals surface area (Å²) in [5.41, 5.74) is 10.6. The second-order valence-electron chi connectivity index (χ2n) is 7.05. The third kappa shape index (κ3) is 3.61. The summed E-state index contributed by atoms with van der Waals surface area (Å²) < 4.78 is 28.4. The summed E-state index contributed by atoms with van der Waals surface area (Å²) in [6.07, 6.45) is 5.24. The molecular weight excluding hydrogens is 386 g/mol. The number of nitrogens with zero attached hydrogens (tertiary/aromatic N) is 3. The summed E-state index contributed by atoms with van der Waals surface area (Å²) in [5.74, 6) is 0.0783. The van der Waals surface area contributed by atoms with Crippen molar-refractivity contribution in [2.45, 2.75) is 50.0 Å². The maximum absolute atomic E-state index is 13.4. The van der Waals surface area contributed by atoms with Gasteiger partial charge >= 0.3 is 0 Å². The van der Waals surface area contributed by atoms with Crippen LogP contribution in [0.3, 0.4) is 0 Å². The molecule has 146 valence electrons. The Hall–Kier alpha value is -1.90. The van der Waals surface area contributed by atoms with E-state index in [2.05, 4.69) is 9.98 Å². The van der Waals surface area contributed by atoms with Crippen molar-refractivity contribution in [1.82, 2.24) is 9.29 Å². The zero-order chi connectivity index (χ0) is 19.8. The number of fused-ring (bicyclic) bond motifs is 1. The zero-order valence-corrected chi connectivity index (χ0v) is 17.0. The van der Waals surface area contributed by atoms with Gasteiger partial charge in [0.15, 0.2) is 11.8 Å². The van der Waals surface area contributed by atoms with Gasteiger partial charge in [0, 0.05) is 29.1 Å². The molecule has 9 heteroatoms. The van der Waals surface area contributed by atoms with Crippen LogP contribution in [0.4, 0.5) is 5.82 Å². The molecule has 1 aliphatic rings. The standard InChI is InChI=1S/C18H24ClN5O2S/c1-3-24(18(2)8-4-5-9-18)27(25,26)12-6-7-13-14(10-12)16(23-17(20)21)22-11-15(13)19/h6-7,10-11H,3-5,8-9H2,1-2H3,(H4,20,21,22,23). The molecule has 1 aromatic heterocycles. The van der Waals surface area contributed by atoms with Crippen molar-refractivity contribution < 1.29 is 8.42 Å². The molecule has 0 atom stereocenters. The van der Waals surface area contributed by atoms with Gasteiger partial charge in [0.1, 0.15) is 0 Å². The lowest BCUT2D eigenvalue weighted by Crippen LogP contribution is -2.47. The highest BCUT2D eigenvalue weighted by atomic mass is 35.5. The molecular formula is C18H24ClN5O2S. The molecule has 1 saturated carbocycles. The minimum absolute atomic E-state index is 0.159. The quantitative estimate of drug-likeness (QED) is 0.581. The van der Waals surface area contributed by atoms with Crippen LogP contribution < -0.4 is 11.5 Å². The molecule has 0 unspecified atom stereocenters. The highest BCUT2D eigenvalue weighted by Gasteiger charge is 2.41. The van der Waals surface area contributed by atoms with E-state index in [-0.39, 0.29) is 22.2 Å². The molecule has 0 spiro atoms. The third-order valence-corrected chi connectivity index (χ3v) is 7.61. The average molecular weight is 410 g/mol. The van der Waals surface area contributed by atoms with E-state index in [0.29, 0.717) is 22.3 Å². The Labute approximate surface area is 164 Å². The molecule has 0 bridgehead atoms. The highest BCUT2D eigenvalue weighted by molar-refractivity contribution is 7.89. The number of halogens is 1. The van der Waals surface area contributed by atoms with Crippen molar-refractivity contribution in [3.05, 3.63) is 29.4 Å². The number of aliphatic imine (C=N–C) groups is 1. The largest absolute Gasteiger partial charge is 0.370 e. The maximum Gasteiger partial charge on any atom is 0.243 e. The molecule has 0 radical (unpaired) electrons. The topological polar surface area (TPSA) is 115 Å². The predicted octanol–water partition coefficient (Wildman–Crippen LogP) is 3.14. The van der Waals surface area contributed by atoms with Gasteiger partial charge in [-0.3, -0.25) is 0 Å². The van der Waals surface area contributed by atoms with Gasteiger partial charge in [0.05, 0.1) is 9.92 Å². The Morgan fingerprint density at radius 2 is 1.96 bits per heavy atom. The lowest BCUT2D eigenvalue weighted by molar-refractivity contribution is 0.220. The molecule has 1 heterocycles. The Balaban J connectivity index is 2.17. The monoisotopic (exact) mass is 409 g/mol. The number of rotatable bonds is 5. The fourth-order valence-corrected chi connectivity index (χ4v) is 5.98. The Morgan fingerprint density at radius 3 is 2.56 bits per heavy atom. The van der Waals surface area contributed by atoms with Gasteiger partial charge in [-0.1, -0.05) is 37.4 Å². The normalized spacial score (nSPS) is 16.7. The van der Waals surface area contributed by atoms with Crippen LogP contribution in [0, 0.1) is 0 Å². The van der Waals surface area contributed by atoms with Crippen molar-refractivity contribution >= 4 is 44.2 Å². The van der Waals surface area contributed by atoms with E-state index in [0.717, 1.165) is 25.7 Å². The number of pyridine rings is 1. The van der Waals surface area contributed by atoms with Crippen LogP contribution in [0.1, 0.15) is 39.5 Å². The number of hydrogen-bond donors (Lipinski definition) is 2. The summed E-state index contributed by atoms with van der Waals surface area (Å²) in [6, 6.07) is 4.79. The summed E-state index contributed by atoms with van der Waals surface area (Å²) in [4.78, 5) is 8.32. The van der Waals surface area contributed by atoms with E-state index in [1.165, 1.54) is 6.20 Å². The van der Waals surface area contributed by atoms with E-state index < -0.39 is 10.0 Å². The van der Waals surface area contributed by atoms with E-state index >= 15 is 0 Å². The number of aromatic nitrogens is 1. The molecule has 2 aromatic rings. The third-order valence-electron chi connectivity index (χ3n) is 5.18. The molecule has 1 aromatic carbocycles. The average Bonchev–Trinajstić information content (AvgIpc) is 3.04. The van der Waals surface area contributed by atoms with Gasteiger partial charge in [-0.15, -0.1) is 0 Å². The van der Waals surface area contributed by atoms with Crippen molar-refractivity contribution in [1.29, 1.82) is 0 Å². The minimum Gasteiger partial charge on any atom is -0.370 e. The van der Waals surface area contributed by atoms with E-state index in [1.54, 1.807) is 22.5 Å². The van der Waals surface area contributed by atoms with Crippen molar-refractivity contribution in [3.63, 3.8) is 0 Å². The highest BCUT2D eigenvalue weighted by Crippen LogP contribution is 2.39. The van der Waals surface area contributed by atoms with Gasteiger partial charge in [-0.25, -0.2) is 13.4 Å². The molecule has 27 heavy (non-hydrogen) atoms. The summed E-state index contributed by atoms with van der Waals surface area (Å²) in [7, 11) is -3.69. The first-order valence-electron chi connectivity index (χ1n) is 8.90. The lowest BCUT2D eigenvalue weighted by Gasteiger charge is -2.36. The summed E-state index contributed by atoms with van der Waals surface area (Å²) >= 11 is 6.21. The number of guanidine groups is 1. The van der Waals surface area contributed by atoms with Gasteiger partial charge in [-0.05, 0) is 31.9 Å². The Kier molecular flexibility index (Phi) is 5.33. The maximum atomic E-state index is 13.4. The Bertz CT molecular complexity index is 996. The van der Waals surface area contributed by atoms with Gasteiger partial charge in [0.25, 0.3) is 0 Å². The first-order valence-corrected chi connectivity index (χ1v) is 10.7. The van der Waals surface area contributed by atoms with E-state index in [4.69, 9.17) is 23.1 Å². The van der Waals surface area contributed by atoms with Crippen molar-refractivity contribution in [2.75, 3.05) is 6.54 Å². The molecule has 1 aliphatic carbocycles. The first-order chi connectivity index (χ1) is 12.7. The fourth-order valence-electron chi connectivity index (χ4n) is 3.90. The molecule has 3 rings (SSSR count). The second-order valence-corrected chi connectivity index (χ2v) is 9.32. The molecule has 7 nitrogen and oxygen atoms in total. The first kappa shape index (κ1) is 19.9. The van der Waals surface area contributed by atoms with Crippen LogP contribution in [0.15, 0.2) is 34.3 Å². The number of benzene rings is 1. The van der Waals surface area contributed by atoms with Gasteiger partial charge in [0.2, 0.25) is 10.0 Å². The van der Waals surface area contributed by atoms with Gasteiger partial charge < -0.3 is 11.5 Å². The zero-order valence-electron chi connectivity index (χ0n) is 15.4. The van der Waals surface area contributed by atoms with Crippen molar-refractivity contribution in [3.8, 4) is 0 Å². The van der Waals surface area contributed by atoms with Gasteiger partial charge in [-0.2, -0.15) is 9.30 Å². The van der Waals surface area contributed by atoms with Crippen molar-refractivity contribution in [2.24, 2.45) is 16.5 Å². The van der Waals surface area contributed by atoms with E-state index in [9.17, 15) is 8.42 Å². The number of nitrogens with two attached hydrogens (primary N) is 2. The van der Waals surface area contributed by atoms with Crippen LogP contribution in [0.25, 0.3) is 10.8 Å². The van der Waals surface area contributed by atoms with Crippen LogP contribution in [-0.4, -0.2) is 35.8 Å². The molecule has 1 fully saturated rings. The minimum atomic E-state index is -3.69. The molecule has 0 amide bonds. The fraction of sp³-hybridized carbons (Fsp3) is 0.444. The SMILES string of the molecule is CCN(C1(C)CCCC1)S(=O)(=O)c1ccc2c(Cl)cnc(N=C(N)N)c2c1. The predicted molar refractivity (Wildman–Crippen MR) is 109 cm³/mol. The number of hydrogen-bond acceptors (Lipinski definition) is 4. The smallest absolute Gasteiger partial charge is 0.243 e. The van der Waals surface area contributed by atoms with Crippen LogP contribution in [0.2, 0.25) is 5.02 Å². The number of sulfonamides is 1. The summed E-state index contributed by atoms with van der Waals surface area (Å²) in [6.45, 7) is 4.29. The Morgan fingerprint density at radius 1 is 1.30 bits per heavy atom. The molecule has 0 aliphatic heterocycles. The molecule has 0 saturated heterocycles. The summed E-state index contributed by atoms with van der Waals surface area (Å²) in [5, 5.41) is 1.53. The lowest BCUT2D eigenvalue weighted by atomic mass is 10.0. The van der Waals surface area contributed by atoms with E-state index in [1.807, 2.05) is 13.8 Å². The van der Waals surface area contributed by atoms with Crippen LogP contribution >= 0.6 is 11.6 Å². The molecule has 4 N–H and O–H groups in total. The van der Waals surface area contributed by atoms with Crippen LogP contribution in [0.5, 0.6) is 0 Å². The van der Waals surface area contributed by atoms with Crippen LogP contribution in [-0.2, 0) is 10.0 Å².